The second-order valence-electron chi connectivity index (χ2n) is 3.88. The van der Waals surface area contributed by atoms with E-state index >= 15 is 0 Å². The van der Waals surface area contributed by atoms with Crippen LogP contribution in [0.5, 0.6) is 5.75 Å². The average molecular weight is 307 g/mol. The van der Waals surface area contributed by atoms with Crippen LogP contribution in [-0.2, 0) is 6.42 Å². The van der Waals surface area contributed by atoms with Crippen molar-refractivity contribution in [1.82, 2.24) is 4.98 Å². The van der Waals surface area contributed by atoms with Crippen LogP contribution in [-0.4, -0.2) is 18.6 Å². The molecule has 0 aliphatic rings. The maximum absolute atomic E-state index is 5.20. The van der Waals surface area contributed by atoms with Gasteiger partial charge >= 0.3 is 0 Å². The molecule has 3 nitrogen and oxygen atoms in total. The van der Waals surface area contributed by atoms with Gasteiger partial charge in [0.15, 0.2) is 0 Å². The standard InChI is InChI=1S/C14H15BrN2O/c1-18-12-4-5-13(15)14(9-12)17-8-6-11-3-2-7-16-10-11/h2-5,7,9-10,17H,6,8H2,1H3. The van der Waals surface area contributed by atoms with Crippen LogP contribution in [0, 0.1) is 0 Å². The van der Waals surface area contributed by atoms with Crippen LogP contribution in [0.25, 0.3) is 0 Å². The van der Waals surface area contributed by atoms with E-state index in [1.165, 1.54) is 5.56 Å². The number of methoxy groups -OCH3 is 1. The van der Waals surface area contributed by atoms with Crippen LogP contribution in [0.3, 0.4) is 0 Å². The molecule has 0 radical (unpaired) electrons. The largest absolute Gasteiger partial charge is 0.497 e. The molecule has 0 amide bonds. The van der Waals surface area contributed by atoms with Gasteiger partial charge in [-0.25, -0.2) is 0 Å². The van der Waals surface area contributed by atoms with E-state index in [4.69, 9.17) is 4.74 Å². The first-order valence-electron chi connectivity index (χ1n) is 5.76. The van der Waals surface area contributed by atoms with Crippen molar-refractivity contribution in [2.75, 3.05) is 19.0 Å². The number of benzene rings is 1. The summed E-state index contributed by atoms with van der Waals surface area (Å²) < 4.78 is 6.24. The van der Waals surface area contributed by atoms with E-state index in [1.807, 2.05) is 30.5 Å². The molecule has 2 aromatic rings. The maximum Gasteiger partial charge on any atom is 0.121 e. The van der Waals surface area contributed by atoms with Crippen LogP contribution < -0.4 is 10.1 Å². The summed E-state index contributed by atoms with van der Waals surface area (Å²) in [5.41, 5.74) is 2.27. The summed E-state index contributed by atoms with van der Waals surface area (Å²) in [6, 6.07) is 9.92. The second-order valence-corrected chi connectivity index (χ2v) is 4.74. The summed E-state index contributed by atoms with van der Waals surface area (Å²) in [4.78, 5) is 4.10. The molecule has 2 rings (SSSR count). The van der Waals surface area contributed by atoms with Crippen molar-refractivity contribution in [3.05, 3.63) is 52.8 Å². The number of nitrogens with zero attached hydrogens (tertiary/aromatic N) is 1. The Morgan fingerprint density at radius 3 is 2.94 bits per heavy atom. The number of halogens is 1. The minimum Gasteiger partial charge on any atom is -0.497 e. The molecule has 0 fully saturated rings. The van der Waals surface area contributed by atoms with Gasteiger partial charge in [0.1, 0.15) is 5.75 Å². The summed E-state index contributed by atoms with van der Waals surface area (Å²) in [7, 11) is 1.67. The highest BCUT2D eigenvalue weighted by atomic mass is 79.9. The van der Waals surface area contributed by atoms with Crippen molar-refractivity contribution in [3.8, 4) is 5.75 Å². The van der Waals surface area contributed by atoms with Crippen molar-refractivity contribution in [2.24, 2.45) is 0 Å². The fourth-order valence-electron chi connectivity index (χ4n) is 1.65. The summed E-state index contributed by atoms with van der Waals surface area (Å²) in [5, 5.41) is 3.38. The Bertz CT molecular complexity index is 502. The third kappa shape index (κ3) is 3.47. The average Bonchev–Trinajstić information content (AvgIpc) is 2.42. The molecule has 0 atom stereocenters. The lowest BCUT2D eigenvalue weighted by molar-refractivity contribution is 0.415. The summed E-state index contributed by atoms with van der Waals surface area (Å²) in [6.45, 7) is 0.859. The predicted molar refractivity (Wildman–Crippen MR) is 77.1 cm³/mol. The van der Waals surface area contributed by atoms with Gasteiger partial charge in [0, 0.05) is 29.5 Å². The predicted octanol–water partition coefficient (Wildman–Crippen LogP) is 3.51. The van der Waals surface area contributed by atoms with Crippen LogP contribution in [0.2, 0.25) is 0 Å². The molecular formula is C14H15BrN2O. The van der Waals surface area contributed by atoms with Crippen molar-refractivity contribution in [2.45, 2.75) is 6.42 Å². The number of aromatic nitrogens is 1. The zero-order valence-electron chi connectivity index (χ0n) is 10.2. The molecule has 1 aromatic carbocycles. The first kappa shape index (κ1) is 12.9. The van der Waals surface area contributed by atoms with Gasteiger partial charge in [-0.15, -0.1) is 0 Å². The van der Waals surface area contributed by atoms with Gasteiger partial charge in [-0.1, -0.05) is 6.07 Å². The van der Waals surface area contributed by atoms with Crippen molar-refractivity contribution < 1.29 is 4.74 Å². The van der Waals surface area contributed by atoms with Crippen molar-refractivity contribution >= 4 is 21.6 Å². The Balaban J connectivity index is 1.94. The minimum atomic E-state index is 0.849. The number of pyridine rings is 1. The lowest BCUT2D eigenvalue weighted by atomic mass is 10.2. The van der Waals surface area contributed by atoms with Gasteiger partial charge < -0.3 is 10.1 Å². The third-order valence-corrected chi connectivity index (χ3v) is 3.32. The molecule has 0 spiro atoms. The smallest absolute Gasteiger partial charge is 0.121 e. The van der Waals surface area contributed by atoms with E-state index in [0.29, 0.717) is 0 Å². The van der Waals surface area contributed by atoms with Gasteiger partial charge in [0.2, 0.25) is 0 Å². The first-order chi connectivity index (χ1) is 8.79. The maximum atomic E-state index is 5.20. The van der Waals surface area contributed by atoms with Gasteiger partial charge in [0.25, 0.3) is 0 Å². The summed E-state index contributed by atoms with van der Waals surface area (Å²) in [6.07, 6.45) is 4.62. The highest BCUT2D eigenvalue weighted by molar-refractivity contribution is 9.10. The second kappa shape index (κ2) is 6.40. The van der Waals surface area contributed by atoms with Crippen LogP contribution in [0.4, 0.5) is 5.69 Å². The molecule has 0 bridgehead atoms. The fraction of sp³-hybridized carbons (Fsp3) is 0.214. The van der Waals surface area contributed by atoms with E-state index < -0.39 is 0 Å². The molecule has 0 aliphatic carbocycles. The molecule has 94 valence electrons. The van der Waals surface area contributed by atoms with Gasteiger partial charge in [-0.2, -0.15) is 0 Å². The van der Waals surface area contributed by atoms with E-state index in [0.717, 1.165) is 28.9 Å². The highest BCUT2D eigenvalue weighted by Gasteiger charge is 2.01. The lowest BCUT2D eigenvalue weighted by Gasteiger charge is -2.10. The van der Waals surface area contributed by atoms with Gasteiger partial charge in [0.05, 0.1) is 12.8 Å². The first-order valence-corrected chi connectivity index (χ1v) is 6.55. The number of rotatable bonds is 5. The van der Waals surface area contributed by atoms with Crippen LogP contribution >= 0.6 is 15.9 Å². The summed E-state index contributed by atoms with van der Waals surface area (Å²) in [5.74, 6) is 0.849. The molecule has 1 heterocycles. The normalized spacial score (nSPS) is 10.1. The molecule has 0 aliphatic heterocycles. The lowest BCUT2D eigenvalue weighted by Crippen LogP contribution is -2.05. The SMILES string of the molecule is COc1ccc(Br)c(NCCc2cccnc2)c1. The van der Waals surface area contributed by atoms with Crippen LogP contribution in [0.15, 0.2) is 47.2 Å². The van der Waals surface area contributed by atoms with Gasteiger partial charge in [-0.05, 0) is 46.1 Å². The van der Waals surface area contributed by atoms with E-state index in [9.17, 15) is 0 Å². The quantitative estimate of drug-likeness (QED) is 0.918. The van der Waals surface area contributed by atoms with Crippen LogP contribution in [0.1, 0.15) is 5.56 Å². The third-order valence-electron chi connectivity index (χ3n) is 2.63. The molecule has 1 N–H and O–H groups in total. The number of hydrogen-bond acceptors (Lipinski definition) is 3. The molecule has 0 unspecified atom stereocenters. The van der Waals surface area contributed by atoms with E-state index in [1.54, 1.807) is 13.3 Å². The van der Waals surface area contributed by atoms with Gasteiger partial charge in [-0.3, -0.25) is 4.98 Å². The zero-order chi connectivity index (χ0) is 12.8. The Kier molecular flexibility index (Phi) is 4.59. The fourth-order valence-corrected chi connectivity index (χ4v) is 2.04. The topological polar surface area (TPSA) is 34.1 Å². The highest BCUT2D eigenvalue weighted by Crippen LogP contribution is 2.26. The Hall–Kier alpha value is -1.55. The number of nitrogens with one attached hydrogen (secondary N) is 1. The minimum absolute atomic E-state index is 0.849. The van der Waals surface area contributed by atoms with E-state index in [2.05, 4.69) is 32.3 Å². The number of ether oxygens (including phenoxy) is 1. The van der Waals surface area contributed by atoms with E-state index in [-0.39, 0.29) is 0 Å². The summed E-state index contributed by atoms with van der Waals surface area (Å²) >= 11 is 3.52. The molecule has 4 heteroatoms. The monoisotopic (exact) mass is 306 g/mol. The Morgan fingerprint density at radius 1 is 1.33 bits per heavy atom. The molecular weight excluding hydrogens is 292 g/mol. The Morgan fingerprint density at radius 2 is 2.22 bits per heavy atom. The molecule has 0 saturated heterocycles. The van der Waals surface area contributed by atoms with Crippen molar-refractivity contribution in [3.63, 3.8) is 0 Å². The zero-order valence-corrected chi connectivity index (χ0v) is 11.8. The number of hydrogen-bond donors (Lipinski definition) is 1. The number of anilines is 1. The Labute approximate surface area is 115 Å². The van der Waals surface area contributed by atoms with Crippen molar-refractivity contribution in [1.29, 1.82) is 0 Å². The molecule has 1 aromatic heterocycles. The molecule has 0 saturated carbocycles. The molecule has 18 heavy (non-hydrogen) atoms.